The van der Waals surface area contributed by atoms with E-state index in [1.807, 2.05) is 53.2 Å². The van der Waals surface area contributed by atoms with Crippen molar-refractivity contribution in [2.45, 2.75) is 6.04 Å². The quantitative estimate of drug-likeness (QED) is 0.682. The second kappa shape index (κ2) is 8.73. The van der Waals surface area contributed by atoms with Gasteiger partial charge in [0.15, 0.2) is 0 Å². The predicted molar refractivity (Wildman–Crippen MR) is 112 cm³/mol. The Morgan fingerprint density at radius 3 is 2.54 bits per heavy atom. The summed E-state index contributed by atoms with van der Waals surface area (Å²) in [6.07, 6.45) is 1.63. The molecule has 0 bridgehead atoms. The summed E-state index contributed by atoms with van der Waals surface area (Å²) in [5, 5.41) is 7.83. The molecule has 28 heavy (non-hydrogen) atoms. The zero-order valence-corrected chi connectivity index (χ0v) is 16.7. The van der Waals surface area contributed by atoms with Crippen LogP contribution in [0.4, 0.5) is 5.82 Å². The Morgan fingerprint density at radius 2 is 1.89 bits per heavy atom. The second-order valence-corrected chi connectivity index (χ2v) is 7.74. The van der Waals surface area contributed by atoms with Crippen molar-refractivity contribution in [1.29, 1.82) is 0 Å². The highest BCUT2D eigenvalue weighted by molar-refractivity contribution is 7.08. The lowest BCUT2D eigenvalue weighted by Gasteiger charge is -2.27. The van der Waals surface area contributed by atoms with E-state index in [4.69, 9.17) is 16.3 Å². The second-order valence-electron chi connectivity index (χ2n) is 6.52. The smallest absolute Gasteiger partial charge is 0.253 e. The molecular formula is C21H20ClN3O2S. The summed E-state index contributed by atoms with van der Waals surface area (Å²) in [4.78, 5) is 19.5. The molecule has 1 saturated heterocycles. The molecule has 3 heterocycles. The van der Waals surface area contributed by atoms with Gasteiger partial charge in [0.2, 0.25) is 0 Å². The molecule has 1 fully saturated rings. The SMILES string of the molecule is O=C(N[C@@H](c1ccc(Cl)cc1)c1ccsc1)c1ccc(N2CCOCC2)nc1. The highest BCUT2D eigenvalue weighted by Gasteiger charge is 2.19. The number of ether oxygens (including phenoxy) is 1. The summed E-state index contributed by atoms with van der Waals surface area (Å²) in [7, 11) is 0. The Hall–Kier alpha value is -2.41. The van der Waals surface area contributed by atoms with Crippen molar-refractivity contribution in [2.75, 3.05) is 31.2 Å². The largest absolute Gasteiger partial charge is 0.378 e. The number of hydrogen-bond donors (Lipinski definition) is 1. The van der Waals surface area contributed by atoms with E-state index in [0.717, 1.165) is 30.0 Å². The van der Waals surface area contributed by atoms with Crippen LogP contribution in [-0.2, 0) is 4.74 Å². The molecule has 3 aromatic rings. The van der Waals surface area contributed by atoms with Gasteiger partial charge in [-0.3, -0.25) is 4.79 Å². The maximum Gasteiger partial charge on any atom is 0.253 e. The first-order valence-electron chi connectivity index (χ1n) is 9.08. The minimum atomic E-state index is -0.241. The fourth-order valence-corrected chi connectivity index (χ4v) is 3.98. The van der Waals surface area contributed by atoms with Crippen LogP contribution in [0.3, 0.4) is 0 Å². The number of benzene rings is 1. The molecule has 1 N–H and O–H groups in total. The lowest BCUT2D eigenvalue weighted by atomic mass is 10.0. The van der Waals surface area contributed by atoms with Crippen LogP contribution in [-0.4, -0.2) is 37.2 Å². The van der Waals surface area contributed by atoms with E-state index in [9.17, 15) is 4.79 Å². The van der Waals surface area contributed by atoms with Crippen LogP contribution in [0.5, 0.6) is 0 Å². The number of nitrogens with one attached hydrogen (secondary N) is 1. The molecule has 144 valence electrons. The van der Waals surface area contributed by atoms with Gasteiger partial charge in [-0.25, -0.2) is 4.98 Å². The van der Waals surface area contributed by atoms with Gasteiger partial charge in [0.05, 0.1) is 24.8 Å². The highest BCUT2D eigenvalue weighted by Crippen LogP contribution is 2.26. The van der Waals surface area contributed by atoms with Crippen LogP contribution in [0.25, 0.3) is 0 Å². The van der Waals surface area contributed by atoms with Crippen molar-refractivity contribution in [3.05, 3.63) is 81.1 Å². The molecule has 1 aliphatic rings. The van der Waals surface area contributed by atoms with Crippen LogP contribution in [0.2, 0.25) is 5.02 Å². The fraction of sp³-hybridized carbons (Fsp3) is 0.238. The molecule has 0 unspecified atom stereocenters. The minimum Gasteiger partial charge on any atom is -0.378 e. The number of carbonyl (C=O) groups is 1. The molecule has 2 aromatic heterocycles. The molecule has 7 heteroatoms. The molecule has 1 aromatic carbocycles. The number of amides is 1. The third-order valence-corrected chi connectivity index (χ3v) is 5.65. The summed E-state index contributed by atoms with van der Waals surface area (Å²) in [6, 6.07) is 13.0. The third kappa shape index (κ3) is 4.35. The number of aromatic nitrogens is 1. The maximum absolute atomic E-state index is 12.9. The Kier molecular flexibility index (Phi) is 5.90. The van der Waals surface area contributed by atoms with E-state index >= 15 is 0 Å². The zero-order chi connectivity index (χ0) is 19.3. The molecule has 1 aliphatic heterocycles. The molecule has 5 nitrogen and oxygen atoms in total. The van der Waals surface area contributed by atoms with E-state index < -0.39 is 0 Å². The number of rotatable bonds is 5. The standard InChI is InChI=1S/C21H20ClN3O2S/c22-18-4-1-15(2-5-18)20(17-7-12-28-14-17)24-21(26)16-3-6-19(23-13-16)25-8-10-27-11-9-25/h1-7,12-14,20H,8-11H2,(H,24,26)/t20-/m0/s1. The zero-order valence-electron chi connectivity index (χ0n) is 15.2. The number of pyridine rings is 1. The topological polar surface area (TPSA) is 54.5 Å². The lowest BCUT2D eigenvalue weighted by molar-refractivity contribution is 0.0942. The number of hydrogen-bond acceptors (Lipinski definition) is 5. The van der Waals surface area contributed by atoms with Gasteiger partial charge in [-0.15, -0.1) is 0 Å². The van der Waals surface area contributed by atoms with Crippen LogP contribution >= 0.6 is 22.9 Å². The monoisotopic (exact) mass is 413 g/mol. The van der Waals surface area contributed by atoms with Crippen molar-refractivity contribution in [3.8, 4) is 0 Å². The van der Waals surface area contributed by atoms with Crippen molar-refractivity contribution >= 4 is 34.7 Å². The predicted octanol–water partition coefficient (Wildman–Crippen LogP) is 4.15. The van der Waals surface area contributed by atoms with Crippen molar-refractivity contribution in [3.63, 3.8) is 0 Å². The number of halogens is 1. The first-order chi connectivity index (χ1) is 13.7. The molecule has 0 saturated carbocycles. The number of nitrogens with zero attached hydrogens (tertiary/aromatic N) is 2. The summed E-state index contributed by atoms with van der Waals surface area (Å²) in [5.74, 6) is 0.708. The maximum atomic E-state index is 12.9. The summed E-state index contributed by atoms with van der Waals surface area (Å²) in [6.45, 7) is 3.03. The fourth-order valence-electron chi connectivity index (χ4n) is 3.17. The molecular weight excluding hydrogens is 394 g/mol. The van der Waals surface area contributed by atoms with Gasteiger partial charge in [0.1, 0.15) is 5.82 Å². The van der Waals surface area contributed by atoms with Gasteiger partial charge in [0.25, 0.3) is 5.91 Å². The molecule has 0 radical (unpaired) electrons. The van der Waals surface area contributed by atoms with E-state index in [0.29, 0.717) is 23.8 Å². The first-order valence-corrected chi connectivity index (χ1v) is 10.4. The normalized spacial score (nSPS) is 15.2. The van der Waals surface area contributed by atoms with Gasteiger partial charge >= 0.3 is 0 Å². The van der Waals surface area contributed by atoms with Gasteiger partial charge in [-0.1, -0.05) is 23.7 Å². The van der Waals surface area contributed by atoms with Crippen LogP contribution in [0.1, 0.15) is 27.5 Å². The lowest BCUT2D eigenvalue weighted by Crippen LogP contribution is -2.36. The average Bonchev–Trinajstić information content (AvgIpc) is 3.28. The Balaban J connectivity index is 1.52. The van der Waals surface area contributed by atoms with Crippen molar-refractivity contribution in [1.82, 2.24) is 10.3 Å². The van der Waals surface area contributed by atoms with E-state index in [1.54, 1.807) is 17.5 Å². The van der Waals surface area contributed by atoms with Crippen LogP contribution in [0, 0.1) is 0 Å². The summed E-state index contributed by atoms with van der Waals surface area (Å²) >= 11 is 7.62. The van der Waals surface area contributed by atoms with Gasteiger partial charge in [-0.2, -0.15) is 11.3 Å². The van der Waals surface area contributed by atoms with Gasteiger partial charge < -0.3 is 15.0 Å². The highest BCUT2D eigenvalue weighted by atomic mass is 35.5. The molecule has 1 atom stereocenters. The molecule has 4 rings (SSSR count). The Bertz CT molecular complexity index is 908. The number of anilines is 1. The van der Waals surface area contributed by atoms with Gasteiger partial charge in [-0.05, 0) is 52.2 Å². The summed E-state index contributed by atoms with van der Waals surface area (Å²) < 4.78 is 5.37. The van der Waals surface area contributed by atoms with E-state index in [-0.39, 0.29) is 11.9 Å². The van der Waals surface area contributed by atoms with Gasteiger partial charge in [0, 0.05) is 24.3 Å². The van der Waals surface area contributed by atoms with Crippen LogP contribution in [0.15, 0.2) is 59.4 Å². The van der Waals surface area contributed by atoms with Crippen LogP contribution < -0.4 is 10.2 Å². The number of thiophene rings is 1. The third-order valence-electron chi connectivity index (χ3n) is 4.70. The number of carbonyl (C=O) groups excluding carboxylic acids is 1. The van der Waals surface area contributed by atoms with E-state index in [1.165, 1.54) is 0 Å². The Labute approximate surface area is 172 Å². The first kappa shape index (κ1) is 18.9. The Morgan fingerprint density at radius 1 is 1.11 bits per heavy atom. The molecule has 0 aliphatic carbocycles. The molecule has 0 spiro atoms. The number of morpholine rings is 1. The van der Waals surface area contributed by atoms with Crippen molar-refractivity contribution < 1.29 is 9.53 Å². The average molecular weight is 414 g/mol. The van der Waals surface area contributed by atoms with Crippen molar-refractivity contribution in [2.24, 2.45) is 0 Å². The van der Waals surface area contributed by atoms with E-state index in [2.05, 4.69) is 15.2 Å². The minimum absolute atomic E-state index is 0.160. The molecule has 1 amide bonds. The summed E-state index contributed by atoms with van der Waals surface area (Å²) in [5.41, 5.74) is 2.55.